The molecule has 0 bridgehead atoms. The predicted octanol–water partition coefficient (Wildman–Crippen LogP) is 3.84. The molecule has 1 fully saturated rings. The Labute approximate surface area is 129 Å². The third-order valence-electron chi connectivity index (χ3n) is 2.74. The summed E-state index contributed by atoms with van der Waals surface area (Å²) in [6.45, 7) is 1.06. The molecule has 16 heavy (non-hydrogen) atoms. The van der Waals surface area contributed by atoms with Crippen LogP contribution < -0.4 is 5.32 Å². The van der Waals surface area contributed by atoms with Gasteiger partial charge in [0.05, 0.1) is 3.57 Å². The average Bonchev–Trinajstić information content (AvgIpc) is 2.24. The van der Waals surface area contributed by atoms with Gasteiger partial charge in [-0.1, -0.05) is 6.42 Å². The molecule has 0 aromatic heterocycles. The van der Waals surface area contributed by atoms with Crippen LogP contribution in [0.1, 0.15) is 30.9 Å². The second-order valence-corrected chi connectivity index (χ2v) is 6.24. The van der Waals surface area contributed by atoms with Gasteiger partial charge in [-0.15, -0.1) is 12.4 Å². The second kappa shape index (κ2) is 6.61. The third-order valence-corrected chi connectivity index (χ3v) is 4.19. The molecule has 1 aromatic rings. The molecular formula is C11H14ClI2NO. The Kier molecular flexibility index (Phi) is 6.11. The zero-order chi connectivity index (χ0) is 10.8. The molecule has 0 aliphatic carbocycles. The Hall–Kier alpha value is 0.730. The molecule has 1 heterocycles. The number of aromatic hydroxyl groups is 1. The summed E-state index contributed by atoms with van der Waals surface area (Å²) in [6, 6.07) is 4.42. The summed E-state index contributed by atoms with van der Waals surface area (Å²) in [5, 5.41) is 13.5. The molecule has 1 saturated heterocycles. The highest BCUT2D eigenvalue weighted by Crippen LogP contribution is 2.34. The van der Waals surface area contributed by atoms with Crippen LogP contribution in [0.4, 0.5) is 0 Å². The van der Waals surface area contributed by atoms with E-state index >= 15 is 0 Å². The number of halogens is 3. The van der Waals surface area contributed by atoms with E-state index < -0.39 is 0 Å². The maximum atomic E-state index is 10.0. The Bertz CT molecular complexity index is 367. The summed E-state index contributed by atoms with van der Waals surface area (Å²) in [5.74, 6) is 0.454. The molecule has 5 heteroatoms. The lowest BCUT2D eigenvalue weighted by Gasteiger charge is -2.25. The van der Waals surface area contributed by atoms with Crippen LogP contribution >= 0.6 is 57.6 Å². The van der Waals surface area contributed by atoms with E-state index in [4.69, 9.17) is 0 Å². The molecule has 0 spiro atoms. The van der Waals surface area contributed by atoms with E-state index in [0.717, 1.165) is 22.1 Å². The van der Waals surface area contributed by atoms with Crippen LogP contribution in [-0.2, 0) is 0 Å². The highest BCUT2D eigenvalue weighted by atomic mass is 127. The number of nitrogens with one attached hydrogen (secondary N) is 1. The maximum absolute atomic E-state index is 10.0. The molecule has 0 saturated carbocycles. The van der Waals surface area contributed by atoms with Gasteiger partial charge in [-0.2, -0.15) is 0 Å². The Morgan fingerprint density at radius 3 is 2.62 bits per heavy atom. The fraction of sp³-hybridized carbons (Fsp3) is 0.455. The van der Waals surface area contributed by atoms with Gasteiger partial charge in [0.25, 0.3) is 0 Å². The minimum absolute atomic E-state index is 0. The van der Waals surface area contributed by atoms with E-state index in [9.17, 15) is 5.11 Å². The molecule has 1 aromatic carbocycles. The van der Waals surface area contributed by atoms with Crippen LogP contribution in [0.15, 0.2) is 12.1 Å². The molecule has 0 unspecified atom stereocenters. The predicted molar refractivity (Wildman–Crippen MR) is 85.4 cm³/mol. The number of phenols is 1. The first-order valence-electron chi connectivity index (χ1n) is 5.10. The number of benzene rings is 1. The monoisotopic (exact) mass is 465 g/mol. The standard InChI is InChI=1S/C11H13I2NO.ClH/c12-7-5-8(11(15)9(13)6-7)10-3-1-2-4-14-10;/h5-6,10,14-15H,1-4H2;1H/t10-;/m0./s1. The normalized spacial score (nSPS) is 20.2. The molecule has 2 nitrogen and oxygen atoms in total. The summed E-state index contributed by atoms with van der Waals surface area (Å²) in [5.41, 5.74) is 1.06. The van der Waals surface area contributed by atoms with Crippen LogP contribution in [0.2, 0.25) is 0 Å². The Balaban J connectivity index is 0.00000128. The lowest BCUT2D eigenvalue weighted by atomic mass is 9.97. The van der Waals surface area contributed by atoms with Crippen LogP contribution in [-0.4, -0.2) is 11.7 Å². The van der Waals surface area contributed by atoms with Crippen LogP contribution in [0.25, 0.3) is 0 Å². The maximum Gasteiger partial charge on any atom is 0.133 e. The van der Waals surface area contributed by atoms with Gasteiger partial charge in [-0.3, -0.25) is 0 Å². The fourth-order valence-corrected chi connectivity index (χ4v) is 3.86. The summed E-state index contributed by atoms with van der Waals surface area (Å²) in [7, 11) is 0. The largest absolute Gasteiger partial charge is 0.506 e. The second-order valence-electron chi connectivity index (χ2n) is 3.83. The molecule has 90 valence electrons. The van der Waals surface area contributed by atoms with Crippen molar-refractivity contribution < 1.29 is 5.11 Å². The van der Waals surface area contributed by atoms with Gasteiger partial charge < -0.3 is 10.4 Å². The SMILES string of the molecule is Cl.Oc1c(I)cc(I)cc1[C@@H]1CCCCN1. The minimum Gasteiger partial charge on any atom is -0.506 e. The summed E-state index contributed by atoms with van der Waals surface area (Å²) < 4.78 is 2.14. The Morgan fingerprint density at radius 2 is 2.00 bits per heavy atom. The molecule has 2 N–H and O–H groups in total. The van der Waals surface area contributed by atoms with E-state index in [2.05, 4.69) is 56.6 Å². The first kappa shape index (κ1) is 14.8. The summed E-state index contributed by atoms with van der Waals surface area (Å²) in [6.07, 6.45) is 3.63. The number of phenolic OH excluding ortho intramolecular Hbond substituents is 1. The van der Waals surface area contributed by atoms with Crippen molar-refractivity contribution in [2.24, 2.45) is 0 Å². The van der Waals surface area contributed by atoms with Crippen molar-refractivity contribution >= 4 is 57.6 Å². The van der Waals surface area contributed by atoms with Gasteiger partial charge in [0.1, 0.15) is 5.75 Å². The van der Waals surface area contributed by atoms with Crippen molar-refractivity contribution in [3.05, 3.63) is 24.8 Å². The molecule has 1 atom stereocenters. The Morgan fingerprint density at radius 1 is 1.25 bits per heavy atom. The smallest absolute Gasteiger partial charge is 0.133 e. The zero-order valence-electron chi connectivity index (χ0n) is 8.67. The highest BCUT2D eigenvalue weighted by molar-refractivity contribution is 14.1. The van der Waals surface area contributed by atoms with E-state index in [1.54, 1.807) is 0 Å². The van der Waals surface area contributed by atoms with E-state index in [1.807, 2.05) is 6.07 Å². The van der Waals surface area contributed by atoms with Gasteiger partial charge in [0, 0.05) is 15.2 Å². The number of piperidine rings is 1. The van der Waals surface area contributed by atoms with Crippen molar-refractivity contribution in [2.45, 2.75) is 25.3 Å². The zero-order valence-corrected chi connectivity index (χ0v) is 13.8. The van der Waals surface area contributed by atoms with E-state index in [1.165, 1.54) is 16.4 Å². The topological polar surface area (TPSA) is 32.3 Å². The van der Waals surface area contributed by atoms with Crippen LogP contribution in [0.3, 0.4) is 0 Å². The van der Waals surface area contributed by atoms with Gasteiger partial charge in [-0.25, -0.2) is 0 Å². The third kappa shape index (κ3) is 3.36. The molecule has 2 rings (SSSR count). The molecule has 0 amide bonds. The average molecular weight is 466 g/mol. The quantitative estimate of drug-likeness (QED) is 0.618. The molecular weight excluding hydrogens is 451 g/mol. The lowest BCUT2D eigenvalue weighted by molar-refractivity contribution is 0.389. The number of hydrogen-bond donors (Lipinski definition) is 2. The van der Waals surface area contributed by atoms with E-state index in [-0.39, 0.29) is 12.4 Å². The molecule has 1 aliphatic rings. The van der Waals surface area contributed by atoms with Crippen LogP contribution in [0, 0.1) is 7.14 Å². The first-order valence-corrected chi connectivity index (χ1v) is 7.25. The van der Waals surface area contributed by atoms with Gasteiger partial charge >= 0.3 is 0 Å². The van der Waals surface area contributed by atoms with Crippen molar-refractivity contribution in [1.29, 1.82) is 0 Å². The van der Waals surface area contributed by atoms with Crippen LogP contribution in [0.5, 0.6) is 5.75 Å². The highest BCUT2D eigenvalue weighted by Gasteiger charge is 2.19. The number of rotatable bonds is 1. The van der Waals surface area contributed by atoms with E-state index in [0.29, 0.717) is 11.8 Å². The van der Waals surface area contributed by atoms with Crippen molar-refractivity contribution in [3.8, 4) is 5.75 Å². The molecule has 0 radical (unpaired) electrons. The minimum atomic E-state index is 0. The fourth-order valence-electron chi connectivity index (χ4n) is 1.97. The molecule has 1 aliphatic heterocycles. The van der Waals surface area contributed by atoms with Gasteiger partial charge in [0.2, 0.25) is 0 Å². The first-order chi connectivity index (χ1) is 7.18. The van der Waals surface area contributed by atoms with Crippen molar-refractivity contribution in [3.63, 3.8) is 0 Å². The lowest BCUT2D eigenvalue weighted by Crippen LogP contribution is -2.27. The van der Waals surface area contributed by atoms with Crippen molar-refractivity contribution in [1.82, 2.24) is 5.32 Å². The summed E-state index contributed by atoms with van der Waals surface area (Å²) >= 11 is 4.49. The van der Waals surface area contributed by atoms with Crippen molar-refractivity contribution in [2.75, 3.05) is 6.54 Å². The van der Waals surface area contributed by atoms with Gasteiger partial charge in [-0.05, 0) is 76.7 Å². The van der Waals surface area contributed by atoms with Gasteiger partial charge in [0.15, 0.2) is 0 Å². The summed E-state index contributed by atoms with van der Waals surface area (Å²) in [4.78, 5) is 0. The number of hydrogen-bond acceptors (Lipinski definition) is 2.